The molecule has 0 aliphatic carbocycles. The molecule has 19 atom stereocenters. The Morgan fingerprint density at radius 1 is 0.408 bits per heavy atom. The van der Waals surface area contributed by atoms with Gasteiger partial charge in [-0.15, -0.1) is 0 Å². The molecule has 5 aliphatic heterocycles. The molecule has 6 rings (SSSR count). The van der Waals surface area contributed by atoms with Gasteiger partial charge >= 0.3 is 5.97 Å². The van der Waals surface area contributed by atoms with E-state index in [2.05, 4.69) is 74.4 Å². The Hall–Kier alpha value is -11.1. The summed E-state index contributed by atoms with van der Waals surface area (Å²) < 4.78 is 0. The number of carboxylic acid groups (broad SMARTS) is 1. The van der Waals surface area contributed by atoms with Gasteiger partial charge in [0.05, 0.1) is 38.5 Å². The van der Waals surface area contributed by atoms with Crippen molar-refractivity contribution in [2.45, 2.75) is 302 Å². The number of amides is 18. The number of nitrogens with zero attached hydrogens (tertiary/aromatic N) is 4. The number of nitrogens with two attached hydrogens (primary N) is 1. The first-order chi connectivity index (χ1) is 61.4. The summed E-state index contributed by atoms with van der Waals surface area (Å²) in [5.41, 5.74) is 5.75. The average Bonchev–Trinajstić information content (AvgIpc) is 1.67. The Labute approximate surface area is 757 Å². The fourth-order valence-electron chi connectivity index (χ4n) is 16.5. The number of rotatable bonds is 49. The van der Waals surface area contributed by atoms with Crippen LogP contribution in [0.25, 0.3) is 0 Å². The zero-order valence-corrected chi connectivity index (χ0v) is 76.8. The number of carbonyl (C=O) groups is 19. The SMILES string of the molecule is CC[C@H](C)[C@H](NC(=O)[C@@H]1CCCN1C(=O)CNC(=O)[C@@H]1CCCN1C(=O)[C@H](CC(C)C)NC(=O)[C@@H](NC(=O)[C@@H](NC(=O)[C@@H](NC(=O)[C@@H](NC(=O)[C@@H]1CCCN1C(=O)[C@H](CO)NC(=O)[C@@H]1CCCN1)C(C)C)C(C)C)C(C)C)[C@@H](C)O)C(=O)N[C@@H](CC(C)C)C(=O)N[C@@H](CO)C(=O)N[C@@H](CO)C(=O)N[C@@H](Cc1ccccc1)C(=O)N1CCC[C@H]1C(=O)N[C@@H](CCC(N)=O)C(=O)O. The first kappa shape index (κ1) is 108. The van der Waals surface area contributed by atoms with Gasteiger partial charge in [0.2, 0.25) is 106 Å². The first-order valence-electron chi connectivity index (χ1n) is 45.3. The van der Waals surface area contributed by atoms with Crippen molar-refractivity contribution in [1.82, 2.24) is 94.0 Å². The summed E-state index contributed by atoms with van der Waals surface area (Å²) in [6, 6.07) is -14.5. The number of nitrogens with one attached hydrogen (secondary N) is 14. The lowest BCUT2D eigenvalue weighted by atomic mass is 9.96. The van der Waals surface area contributed by atoms with Crippen LogP contribution in [0.15, 0.2) is 30.3 Å². The summed E-state index contributed by atoms with van der Waals surface area (Å²) in [6.07, 6.45) is 1.07. The predicted octanol–water partition coefficient (Wildman–Crippen LogP) is -5.31. The fourth-order valence-corrected chi connectivity index (χ4v) is 16.5. The van der Waals surface area contributed by atoms with Gasteiger partial charge in [0.15, 0.2) is 0 Å². The quantitative estimate of drug-likeness (QED) is 0.0290. The minimum Gasteiger partial charge on any atom is -0.480 e. The van der Waals surface area contributed by atoms with E-state index in [-0.39, 0.29) is 95.8 Å². The van der Waals surface area contributed by atoms with Crippen molar-refractivity contribution in [3.63, 3.8) is 0 Å². The van der Waals surface area contributed by atoms with Crippen molar-refractivity contribution < 1.29 is 117 Å². The summed E-state index contributed by atoms with van der Waals surface area (Å²) in [4.78, 5) is 268. The fraction of sp³-hybridized carbons (Fsp3) is 0.713. The molecule has 0 saturated carbocycles. The van der Waals surface area contributed by atoms with Crippen molar-refractivity contribution in [2.24, 2.45) is 41.2 Å². The van der Waals surface area contributed by atoms with E-state index in [1.54, 1.807) is 113 Å². The molecule has 726 valence electrons. The molecule has 5 heterocycles. The Bertz CT molecular complexity index is 4130. The summed E-state index contributed by atoms with van der Waals surface area (Å²) >= 11 is 0. The zero-order valence-electron chi connectivity index (χ0n) is 76.8. The van der Waals surface area contributed by atoms with Gasteiger partial charge in [0.1, 0.15) is 96.7 Å². The Kier molecular flexibility index (Phi) is 42.7. The highest BCUT2D eigenvalue weighted by Gasteiger charge is 2.47. The summed E-state index contributed by atoms with van der Waals surface area (Å²) in [7, 11) is 0. The van der Waals surface area contributed by atoms with Crippen LogP contribution in [-0.2, 0) is 97.5 Å². The third kappa shape index (κ3) is 30.8. The van der Waals surface area contributed by atoms with Gasteiger partial charge in [-0.3, -0.25) is 86.3 Å². The number of hydrogen-bond donors (Lipinski definition) is 20. The molecule has 5 saturated heterocycles. The maximum absolute atomic E-state index is 14.7. The monoisotopic (exact) mass is 1830 g/mol. The van der Waals surface area contributed by atoms with Gasteiger partial charge in [-0.1, -0.05) is 120 Å². The lowest BCUT2D eigenvalue weighted by Crippen LogP contribution is -2.63. The summed E-state index contributed by atoms with van der Waals surface area (Å²) in [5, 5.41) is 88.6. The standard InChI is InChI=1S/C87H139N19O24/c1-14-49(12)69(82(124)92-54(37-44(2)3)72(114)95-58(42-108)74(116)96-57(41-107)73(115)93-56(39-51-23-16-15-17-24-51)85(127)105-35-21-28-62(105)76(118)91-53(87(129)130)30-31-64(88)111)101-77(119)61-27-19-33-103(61)65(112)40-90-75(117)60-26-20-34-104(60)84(126)55(38-45(4)5)94-83(125)70(50(13)110)102-81(123)68(48(10)11)100-80(122)67(47(8)9)99-79(121)66(46(6)7)98-78(120)63-29-22-36-106(63)86(128)59(43-109)97-71(113)52-25-18-32-89-52/h15-17,23-24,44-50,52-63,66-70,89,107-110H,14,18-22,25-43H2,1-13H3,(H2,88,111)(H,90,117)(H,91,118)(H,92,124)(H,93,115)(H,94,125)(H,95,114)(H,96,116)(H,97,113)(H,98,120)(H,99,121)(H,100,122)(H,101,119)(H,102,123)(H,129,130)/t49-,50+,52-,53-,54-,55-,56-,57-,58-,59-,60-,61-,62-,63-,66-,67-,68-,69-,70-/m0/s1. The zero-order chi connectivity index (χ0) is 96.8. The molecule has 0 bridgehead atoms. The number of aliphatic hydroxyl groups excluding tert-OH is 4. The molecular formula is C87H139N19O24. The number of likely N-dealkylation sites (tertiary alicyclic amines) is 4. The number of carboxylic acids is 1. The average molecular weight is 1840 g/mol. The number of hydrogen-bond acceptors (Lipinski definition) is 24. The number of aliphatic hydroxyl groups is 4. The lowest BCUT2D eigenvalue weighted by molar-refractivity contribution is -0.145. The van der Waals surface area contributed by atoms with E-state index in [9.17, 15) is 117 Å². The van der Waals surface area contributed by atoms with Crippen LogP contribution in [-0.4, -0.2) is 325 Å². The minimum atomic E-state index is -1.82. The molecule has 21 N–H and O–H groups in total. The third-order valence-electron chi connectivity index (χ3n) is 24.1. The van der Waals surface area contributed by atoms with Crippen LogP contribution in [0.3, 0.4) is 0 Å². The van der Waals surface area contributed by atoms with Crippen molar-refractivity contribution in [3.05, 3.63) is 35.9 Å². The molecule has 43 heteroatoms. The first-order valence-corrected chi connectivity index (χ1v) is 45.3. The molecule has 0 spiro atoms. The lowest BCUT2D eigenvalue weighted by Gasteiger charge is -2.32. The molecule has 5 fully saturated rings. The largest absolute Gasteiger partial charge is 0.480 e. The molecule has 0 aromatic heterocycles. The van der Waals surface area contributed by atoms with Crippen LogP contribution in [0.4, 0.5) is 0 Å². The summed E-state index contributed by atoms with van der Waals surface area (Å²) in [6.45, 7) is 18.8. The van der Waals surface area contributed by atoms with Crippen molar-refractivity contribution in [3.8, 4) is 0 Å². The summed E-state index contributed by atoms with van der Waals surface area (Å²) in [5.74, 6) is -19.2. The van der Waals surface area contributed by atoms with Crippen LogP contribution in [0, 0.1) is 35.5 Å². The maximum atomic E-state index is 14.7. The Morgan fingerprint density at radius 2 is 0.785 bits per heavy atom. The molecular weight excluding hydrogens is 1700 g/mol. The van der Waals surface area contributed by atoms with E-state index in [1.807, 2.05) is 0 Å². The van der Waals surface area contributed by atoms with Crippen molar-refractivity contribution in [1.29, 1.82) is 0 Å². The maximum Gasteiger partial charge on any atom is 0.326 e. The number of aliphatic carboxylic acids is 1. The number of primary amides is 1. The van der Waals surface area contributed by atoms with Gasteiger partial charge in [0, 0.05) is 39.0 Å². The van der Waals surface area contributed by atoms with E-state index in [0.717, 1.165) is 11.3 Å². The highest BCUT2D eigenvalue weighted by molar-refractivity contribution is 6.02. The molecule has 130 heavy (non-hydrogen) atoms. The van der Waals surface area contributed by atoms with Crippen LogP contribution >= 0.6 is 0 Å². The smallest absolute Gasteiger partial charge is 0.326 e. The second kappa shape index (κ2) is 51.5. The number of benzene rings is 1. The second-order valence-electron chi connectivity index (χ2n) is 36.2. The molecule has 18 amide bonds. The molecule has 0 radical (unpaired) electrons. The molecule has 5 aliphatic rings. The Balaban J connectivity index is 1.04. The van der Waals surface area contributed by atoms with Crippen LogP contribution < -0.4 is 80.2 Å². The number of carbonyl (C=O) groups excluding carboxylic acids is 18. The van der Waals surface area contributed by atoms with Gasteiger partial charge < -0.3 is 125 Å². The van der Waals surface area contributed by atoms with E-state index in [0.29, 0.717) is 50.6 Å². The molecule has 43 nitrogen and oxygen atoms in total. The topological polar surface area (TPSA) is 633 Å². The normalized spacial score (nSPS) is 20.6. The van der Waals surface area contributed by atoms with Crippen LogP contribution in [0.5, 0.6) is 0 Å². The van der Waals surface area contributed by atoms with Crippen LogP contribution in [0.1, 0.15) is 192 Å². The second-order valence-corrected chi connectivity index (χ2v) is 36.2. The van der Waals surface area contributed by atoms with E-state index < -0.39 is 271 Å². The van der Waals surface area contributed by atoms with Gasteiger partial charge in [-0.25, -0.2) is 4.79 Å². The van der Waals surface area contributed by atoms with Gasteiger partial charge in [0.25, 0.3) is 0 Å². The van der Waals surface area contributed by atoms with Crippen molar-refractivity contribution in [2.75, 3.05) is 59.1 Å². The van der Waals surface area contributed by atoms with E-state index >= 15 is 0 Å². The minimum absolute atomic E-state index is 0.00845. The highest BCUT2D eigenvalue weighted by atomic mass is 16.4. The van der Waals surface area contributed by atoms with Crippen molar-refractivity contribution >= 4 is 112 Å². The molecule has 0 unspecified atom stereocenters. The third-order valence-corrected chi connectivity index (χ3v) is 24.1. The highest BCUT2D eigenvalue weighted by Crippen LogP contribution is 2.27. The Morgan fingerprint density at radius 3 is 1.22 bits per heavy atom. The molecule has 1 aromatic carbocycles. The molecule has 1 aromatic rings. The van der Waals surface area contributed by atoms with Gasteiger partial charge in [-0.05, 0) is 138 Å². The van der Waals surface area contributed by atoms with E-state index in [4.69, 9.17) is 5.73 Å². The van der Waals surface area contributed by atoms with Crippen LogP contribution in [0.2, 0.25) is 0 Å². The van der Waals surface area contributed by atoms with E-state index in [1.165, 1.54) is 21.6 Å². The van der Waals surface area contributed by atoms with Gasteiger partial charge in [-0.2, -0.15) is 0 Å². The predicted molar refractivity (Wildman–Crippen MR) is 468 cm³/mol.